The molecule has 138 valence electrons. The van der Waals surface area contributed by atoms with E-state index in [-0.39, 0.29) is 5.91 Å². The molecule has 2 aromatic carbocycles. The van der Waals surface area contributed by atoms with E-state index in [1.165, 1.54) is 12.5 Å². The van der Waals surface area contributed by atoms with E-state index in [4.69, 9.17) is 0 Å². The summed E-state index contributed by atoms with van der Waals surface area (Å²) in [7, 11) is 0. The lowest BCUT2D eigenvalue weighted by atomic mass is 10.2. The average molecular weight is 362 g/mol. The Morgan fingerprint density at radius 2 is 1.74 bits per heavy atom. The number of nitrogens with one attached hydrogen (secondary N) is 2. The van der Waals surface area contributed by atoms with Gasteiger partial charge in [-0.1, -0.05) is 30.3 Å². The largest absolute Gasteiger partial charge is 0.351 e. The van der Waals surface area contributed by atoms with E-state index in [0.29, 0.717) is 5.95 Å². The number of carbonyl (C=O) groups excluding carboxylic acids is 1. The van der Waals surface area contributed by atoms with Crippen LogP contribution in [0.15, 0.2) is 60.8 Å². The fourth-order valence-corrected chi connectivity index (χ4v) is 2.63. The van der Waals surface area contributed by atoms with Crippen molar-refractivity contribution in [2.45, 2.75) is 20.4 Å². The monoisotopic (exact) mass is 362 g/mol. The quantitative estimate of drug-likeness (QED) is 0.668. The van der Waals surface area contributed by atoms with Crippen molar-refractivity contribution in [3.05, 3.63) is 66.4 Å². The lowest BCUT2D eigenvalue weighted by molar-refractivity contribution is -0.114. The van der Waals surface area contributed by atoms with Crippen LogP contribution in [0.1, 0.15) is 19.4 Å². The minimum atomic E-state index is -0.103. The first-order chi connectivity index (χ1) is 13.1. The summed E-state index contributed by atoms with van der Waals surface area (Å²) in [5, 5.41) is 14.0. The first-order valence-corrected chi connectivity index (χ1v) is 8.77. The molecule has 0 radical (unpaired) electrons. The lowest BCUT2D eigenvalue weighted by Gasteiger charge is -2.21. The lowest BCUT2D eigenvalue weighted by Crippen LogP contribution is -2.23. The SMILES string of the molecule is CCN(Cc1ccccc1)c1cnnc(Nc2ccc(NC(C)=O)cc2)n1. The molecule has 0 aliphatic heterocycles. The molecule has 0 aliphatic rings. The van der Waals surface area contributed by atoms with Gasteiger partial charge >= 0.3 is 0 Å². The van der Waals surface area contributed by atoms with Crippen LogP contribution in [0.4, 0.5) is 23.1 Å². The molecular formula is C20H22N6O. The summed E-state index contributed by atoms with van der Waals surface area (Å²) in [5.74, 6) is 1.08. The van der Waals surface area contributed by atoms with E-state index in [1.54, 1.807) is 6.20 Å². The third-order valence-corrected chi connectivity index (χ3v) is 3.93. The number of hydrogen-bond acceptors (Lipinski definition) is 6. The van der Waals surface area contributed by atoms with E-state index >= 15 is 0 Å². The molecule has 0 bridgehead atoms. The van der Waals surface area contributed by atoms with Crippen molar-refractivity contribution >= 4 is 29.0 Å². The molecule has 1 aromatic heterocycles. The van der Waals surface area contributed by atoms with Gasteiger partial charge in [-0.25, -0.2) is 0 Å². The van der Waals surface area contributed by atoms with Crippen LogP contribution in [0.3, 0.4) is 0 Å². The van der Waals surface area contributed by atoms with Gasteiger partial charge in [0.15, 0.2) is 5.82 Å². The number of anilines is 4. The Balaban J connectivity index is 1.71. The zero-order valence-corrected chi connectivity index (χ0v) is 15.4. The van der Waals surface area contributed by atoms with Crippen LogP contribution in [0.25, 0.3) is 0 Å². The Morgan fingerprint density at radius 3 is 2.41 bits per heavy atom. The summed E-state index contributed by atoms with van der Waals surface area (Å²) >= 11 is 0. The third-order valence-electron chi connectivity index (χ3n) is 3.93. The van der Waals surface area contributed by atoms with Gasteiger partial charge in [0.25, 0.3) is 0 Å². The minimum Gasteiger partial charge on any atom is -0.351 e. The Kier molecular flexibility index (Phi) is 5.94. The fourth-order valence-electron chi connectivity index (χ4n) is 2.63. The number of hydrogen-bond donors (Lipinski definition) is 2. The highest BCUT2D eigenvalue weighted by molar-refractivity contribution is 5.88. The Bertz CT molecular complexity index is 882. The normalized spacial score (nSPS) is 10.3. The topological polar surface area (TPSA) is 83.0 Å². The van der Waals surface area contributed by atoms with E-state index < -0.39 is 0 Å². The van der Waals surface area contributed by atoms with Crippen LogP contribution in [-0.4, -0.2) is 27.6 Å². The second-order valence-corrected chi connectivity index (χ2v) is 6.02. The van der Waals surface area contributed by atoms with Gasteiger partial charge in [-0.15, -0.1) is 5.10 Å². The minimum absolute atomic E-state index is 0.103. The summed E-state index contributed by atoms with van der Waals surface area (Å²) in [6, 6.07) is 17.6. The maximum absolute atomic E-state index is 11.1. The number of benzene rings is 2. The van der Waals surface area contributed by atoms with Gasteiger partial charge in [-0.2, -0.15) is 10.1 Å². The maximum atomic E-state index is 11.1. The highest BCUT2D eigenvalue weighted by atomic mass is 16.1. The first-order valence-electron chi connectivity index (χ1n) is 8.77. The number of aromatic nitrogens is 3. The molecule has 0 spiro atoms. The van der Waals surface area contributed by atoms with Crippen LogP contribution in [0.2, 0.25) is 0 Å². The molecule has 0 fully saturated rings. The summed E-state index contributed by atoms with van der Waals surface area (Å²) in [4.78, 5) is 17.8. The molecule has 7 heteroatoms. The van der Waals surface area contributed by atoms with Crippen molar-refractivity contribution in [2.75, 3.05) is 22.1 Å². The summed E-state index contributed by atoms with van der Waals surface area (Å²) < 4.78 is 0. The molecule has 0 atom stereocenters. The molecule has 0 aliphatic carbocycles. The van der Waals surface area contributed by atoms with Crippen molar-refractivity contribution in [1.29, 1.82) is 0 Å². The maximum Gasteiger partial charge on any atom is 0.249 e. The number of nitrogens with zero attached hydrogens (tertiary/aromatic N) is 4. The molecule has 1 amide bonds. The smallest absolute Gasteiger partial charge is 0.249 e. The van der Waals surface area contributed by atoms with Crippen molar-refractivity contribution in [3.8, 4) is 0 Å². The predicted molar refractivity (Wildman–Crippen MR) is 107 cm³/mol. The highest BCUT2D eigenvalue weighted by Gasteiger charge is 2.09. The van der Waals surface area contributed by atoms with Crippen LogP contribution in [-0.2, 0) is 11.3 Å². The Hall–Kier alpha value is -3.48. The molecule has 0 saturated heterocycles. The molecule has 3 rings (SSSR count). The molecule has 3 aromatic rings. The van der Waals surface area contributed by atoms with Crippen molar-refractivity contribution in [3.63, 3.8) is 0 Å². The van der Waals surface area contributed by atoms with E-state index in [0.717, 1.165) is 30.3 Å². The molecule has 1 heterocycles. The van der Waals surface area contributed by atoms with E-state index in [2.05, 4.69) is 49.8 Å². The second kappa shape index (κ2) is 8.75. The molecule has 0 unspecified atom stereocenters. The van der Waals surface area contributed by atoms with Crippen molar-refractivity contribution in [1.82, 2.24) is 15.2 Å². The molecule has 7 nitrogen and oxygen atoms in total. The number of amides is 1. The van der Waals surface area contributed by atoms with Crippen molar-refractivity contribution < 1.29 is 4.79 Å². The van der Waals surface area contributed by atoms with E-state index in [1.807, 2.05) is 42.5 Å². The zero-order valence-electron chi connectivity index (χ0n) is 15.4. The van der Waals surface area contributed by atoms with Gasteiger partial charge in [0.1, 0.15) is 0 Å². The average Bonchev–Trinajstić information content (AvgIpc) is 2.68. The molecule has 2 N–H and O–H groups in total. The first kappa shape index (κ1) is 18.3. The molecule has 0 saturated carbocycles. The highest BCUT2D eigenvalue weighted by Crippen LogP contribution is 2.19. The third kappa shape index (κ3) is 5.24. The Morgan fingerprint density at radius 1 is 1.04 bits per heavy atom. The van der Waals surface area contributed by atoms with Gasteiger partial charge in [-0.05, 0) is 36.8 Å². The van der Waals surface area contributed by atoms with Crippen LogP contribution in [0, 0.1) is 0 Å². The van der Waals surface area contributed by atoms with E-state index in [9.17, 15) is 4.79 Å². The number of carbonyl (C=O) groups is 1. The summed E-state index contributed by atoms with van der Waals surface area (Å²) in [6.07, 6.45) is 1.66. The van der Waals surface area contributed by atoms with Crippen LogP contribution in [0.5, 0.6) is 0 Å². The fraction of sp³-hybridized carbons (Fsp3) is 0.200. The van der Waals surface area contributed by atoms with Crippen LogP contribution < -0.4 is 15.5 Å². The Labute approximate surface area is 158 Å². The van der Waals surface area contributed by atoms with Gasteiger partial charge in [0.2, 0.25) is 11.9 Å². The van der Waals surface area contributed by atoms with Gasteiger partial charge in [0.05, 0.1) is 6.20 Å². The standard InChI is InChI=1S/C20H22N6O/c1-3-26(14-16-7-5-4-6-8-16)19-13-21-25-20(24-19)23-18-11-9-17(10-12-18)22-15(2)27/h4-13H,3,14H2,1-2H3,(H,22,27)(H,23,24,25). The predicted octanol–water partition coefficient (Wildman–Crippen LogP) is 3.60. The van der Waals surface area contributed by atoms with Gasteiger partial charge in [0, 0.05) is 31.4 Å². The second-order valence-electron chi connectivity index (χ2n) is 6.02. The number of rotatable bonds is 7. The zero-order chi connectivity index (χ0) is 19.1. The van der Waals surface area contributed by atoms with Crippen molar-refractivity contribution in [2.24, 2.45) is 0 Å². The van der Waals surface area contributed by atoms with Gasteiger partial charge in [-0.3, -0.25) is 4.79 Å². The van der Waals surface area contributed by atoms with Gasteiger partial charge < -0.3 is 15.5 Å². The molecule has 27 heavy (non-hydrogen) atoms. The van der Waals surface area contributed by atoms with Crippen LogP contribution >= 0.6 is 0 Å². The summed E-state index contributed by atoms with van der Waals surface area (Å²) in [5.41, 5.74) is 2.76. The summed E-state index contributed by atoms with van der Waals surface area (Å²) in [6.45, 7) is 5.12. The molecular weight excluding hydrogens is 340 g/mol.